The monoisotopic (exact) mass is 318 g/mol. The molecule has 0 spiro atoms. The molecule has 0 unspecified atom stereocenters. The molecule has 4 heteroatoms. The predicted molar refractivity (Wildman–Crippen MR) is 89.0 cm³/mol. The van der Waals surface area contributed by atoms with Crippen LogP contribution in [0.25, 0.3) is 0 Å². The van der Waals surface area contributed by atoms with Crippen LogP contribution in [-0.4, -0.2) is 35.0 Å². The second kappa shape index (κ2) is 6.93. The summed E-state index contributed by atoms with van der Waals surface area (Å²) in [7, 11) is 0. The molecule has 1 saturated heterocycles. The number of fused-ring (bicyclic) bond motifs is 1. The van der Waals surface area contributed by atoms with E-state index in [0.717, 1.165) is 37.4 Å². The fourth-order valence-electron chi connectivity index (χ4n) is 3.05. The number of aliphatic hydroxyl groups is 1. The fourth-order valence-corrected chi connectivity index (χ4v) is 3.05. The highest BCUT2D eigenvalue weighted by Crippen LogP contribution is 2.45. The van der Waals surface area contributed by atoms with E-state index in [2.05, 4.69) is 6.92 Å². The number of aldehydes is 2. The van der Waals surface area contributed by atoms with Crippen molar-refractivity contribution in [3.8, 4) is 0 Å². The molecule has 0 bridgehead atoms. The first kappa shape index (κ1) is 17.8. The Morgan fingerprint density at radius 2 is 2.13 bits per heavy atom. The normalized spacial score (nSPS) is 34.6. The van der Waals surface area contributed by atoms with Crippen molar-refractivity contribution >= 4 is 12.6 Å². The van der Waals surface area contributed by atoms with Gasteiger partial charge in [0.1, 0.15) is 12.6 Å². The molecule has 23 heavy (non-hydrogen) atoms. The van der Waals surface area contributed by atoms with Crippen LogP contribution in [0.5, 0.6) is 0 Å². The van der Waals surface area contributed by atoms with Gasteiger partial charge in [-0.3, -0.25) is 9.59 Å². The van der Waals surface area contributed by atoms with E-state index in [1.54, 1.807) is 32.1 Å². The topological polar surface area (TPSA) is 66.9 Å². The number of ether oxygens (including phenoxy) is 1. The van der Waals surface area contributed by atoms with E-state index in [1.807, 2.05) is 6.08 Å². The van der Waals surface area contributed by atoms with E-state index in [4.69, 9.17) is 4.74 Å². The van der Waals surface area contributed by atoms with E-state index in [1.165, 1.54) is 0 Å². The lowest BCUT2D eigenvalue weighted by Gasteiger charge is -2.15. The number of hydrogen-bond acceptors (Lipinski definition) is 4. The zero-order valence-corrected chi connectivity index (χ0v) is 14.1. The van der Waals surface area contributed by atoms with Gasteiger partial charge >= 0.3 is 0 Å². The van der Waals surface area contributed by atoms with Gasteiger partial charge in [0.2, 0.25) is 0 Å². The van der Waals surface area contributed by atoms with Gasteiger partial charge in [-0.25, -0.2) is 0 Å². The van der Waals surface area contributed by atoms with Gasteiger partial charge in [0.25, 0.3) is 0 Å². The number of epoxide rings is 1. The highest BCUT2D eigenvalue weighted by atomic mass is 16.6. The van der Waals surface area contributed by atoms with Gasteiger partial charge in [-0.1, -0.05) is 24.3 Å². The molecule has 2 rings (SSSR count). The quantitative estimate of drug-likeness (QED) is 0.366. The molecule has 0 aromatic rings. The smallest absolute Gasteiger partial charge is 0.146 e. The Labute approximate surface area is 137 Å². The summed E-state index contributed by atoms with van der Waals surface area (Å²) >= 11 is 0. The van der Waals surface area contributed by atoms with Crippen molar-refractivity contribution in [1.29, 1.82) is 0 Å². The molecular weight excluding hydrogens is 292 g/mol. The van der Waals surface area contributed by atoms with Gasteiger partial charge in [-0.2, -0.15) is 0 Å². The van der Waals surface area contributed by atoms with Crippen molar-refractivity contribution in [1.82, 2.24) is 0 Å². The minimum Gasteiger partial charge on any atom is -0.386 e. The second-order valence-corrected chi connectivity index (χ2v) is 7.26. The van der Waals surface area contributed by atoms with Gasteiger partial charge in [-0.15, -0.1) is 0 Å². The van der Waals surface area contributed by atoms with E-state index in [-0.39, 0.29) is 17.6 Å². The maximum absolute atomic E-state index is 11.5. The third-order valence-electron chi connectivity index (χ3n) is 4.61. The lowest BCUT2D eigenvalue weighted by atomic mass is 9.89. The van der Waals surface area contributed by atoms with Crippen LogP contribution < -0.4 is 0 Å². The minimum absolute atomic E-state index is 0.0982. The Hall–Kier alpha value is -1.52. The summed E-state index contributed by atoms with van der Waals surface area (Å²) in [6.07, 6.45) is 12.1. The van der Waals surface area contributed by atoms with Crippen LogP contribution in [0.4, 0.5) is 0 Å². The van der Waals surface area contributed by atoms with Crippen molar-refractivity contribution in [3.63, 3.8) is 0 Å². The van der Waals surface area contributed by atoms with Gasteiger partial charge < -0.3 is 9.84 Å². The number of carbonyl (C=O) groups is 2. The molecule has 0 saturated carbocycles. The zero-order valence-electron chi connectivity index (χ0n) is 14.1. The van der Waals surface area contributed by atoms with Crippen molar-refractivity contribution < 1.29 is 19.4 Å². The Balaban J connectivity index is 2.21. The minimum atomic E-state index is -0.921. The zero-order chi connectivity index (χ0) is 17.1. The average molecular weight is 318 g/mol. The maximum Gasteiger partial charge on any atom is 0.146 e. The highest BCUT2D eigenvalue weighted by Gasteiger charge is 2.51. The fraction of sp³-hybridized carbons (Fsp3) is 0.579. The molecule has 0 aromatic heterocycles. The molecule has 0 aromatic carbocycles. The van der Waals surface area contributed by atoms with Crippen LogP contribution in [0.3, 0.4) is 0 Å². The Kier molecular flexibility index (Phi) is 5.37. The molecule has 3 atom stereocenters. The predicted octanol–water partition coefficient (Wildman–Crippen LogP) is 2.91. The maximum atomic E-state index is 11.5. The number of hydrogen-bond donors (Lipinski definition) is 1. The van der Waals surface area contributed by atoms with Crippen LogP contribution in [0.1, 0.15) is 46.5 Å². The number of carbonyl (C=O) groups excluding carboxylic acids is 2. The number of allylic oxidation sites excluding steroid dienone is 5. The lowest BCUT2D eigenvalue weighted by Crippen LogP contribution is -2.14. The molecule has 1 aliphatic carbocycles. The first-order chi connectivity index (χ1) is 10.8. The van der Waals surface area contributed by atoms with Gasteiger partial charge in [0.05, 0.1) is 17.3 Å². The molecule has 1 aliphatic heterocycles. The standard InChI is InChI=1S/C19H26O4/c1-18(2,22)9-4-5-16(13-21)15-8-10-19(3)17(23-19)7-6-14(11-15)12-20/h4-5,9,11-13,15,17,22H,6-8,10H2,1-3H3/b9-4+,14-11+,16-5-/t15-,17-,19-/m0/s1. The molecule has 0 radical (unpaired) electrons. The summed E-state index contributed by atoms with van der Waals surface area (Å²) in [5, 5.41) is 9.71. The van der Waals surface area contributed by atoms with Crippen molar-refractivity contribution in [3.05, 3.63) is 35.5 Å². The first-order valence-corrected chi connectivity index (χ1v) is 8.18. The van der Waals surface area contributed by atoms with Crippen LogP contribution in [-0.2, 0) is 14.3 Å². The van der Waals surface area contributed by atoms with E-state index >= 15 is 0 Å². The molecule has 2 aliphatic rings. The first-order valence-electron chi connectivity index (χ1n) is 8.18. The van der Waals surface area contributed by atoms with Gasteiger partial charge in [0.15, 0.2) is 0 Å². The lowest BCUT2D eigenvalue weighted by molar-refractivity contribution is -0.106. The van der Waals surface area contributed by atoms with Crippen molar-refractivity contribution in [2.24, 2.45) is 5.92 Å². The second-order valence-electron chi connectivity index (χ2n) is 7.26. The van der Waals surface area contributed by atoms with Gasteiger partial charge in [-0.05, 0) is 57.6 Å². The van der Waals surface area contributed by atoms with E-state index < -0.39 is 5.60 Å². The molecule has 1 fully saturated rings. The highest BCUT2D eigenvalue weighted by molar-refractivity contribution is 5.77. The van der Waals surface area contributed by atoms with E-state index in [9.17, 15) is 14.7 Å². The summed E-state index contributed by atoms with van der Waals surface area (Å²) in [4.78, 5) is 22.8. The molecule has 0 amide bonds. The summed E-state index contributed by atoms with van der Waals surface area (Å²) in [5.74, 6) is -0.0982. The third kappa shape index (κ3) is 4.98. The van der Waals surface area contributed by atoms with Gasteiger partial charge in [0, 0.05) is 5.92 Å². The van der Waals surface area contributed by atoms with E-state index in [0.29, 0.717) is 12.0 Å². The SMILES string of the molecule is CC(C)(O)/C=C/C=C(/C=O)[C@@H]1/C=C(/C=O)CC[C@@H]2O[C@@]2(C)CC1. The van der Waals surface area contributed by atoms with Crippen LogP contribution in [0.15, 0.2) is 35.5 Å². The summed E-state index contributed by atoms with van der Waals surface area (Å²) in [5.41, 5.74) is 0.317. The van der Waals surface area contributed by atoms with Crippen LogP contribution in [0, 0.1) is 5.92 Å². The largest absolute Gasteiger partial charge is 0.386 e. The summed E-state index contributed by atoms with van der Waals surface area (Å²) in [6.45, 7) is 5.44. The summed E-state index contributed by atoms with van der Waals surface area (Å²) < 4.78 is 5.76. The number of rotatable bonds is 5. The van der Waals surface area contributed by atoms with Crippen LogP contribution in [0.2, 0.25) is 0 Å². The van der Waals surface area contributed by atoms with Crippen LogP contribution >= 0.6 is 0 Å². The molecular formula is C19H26O4. The Morgan fingerprint density at radius 3 is 2.74 bits per heavy atom. The Morgan fingerprint density at radius 1 is 1.39 bits per heavy atom. The molecule has 1 N–H and O–H groups in total. The molecule has 1 heterocycles. The van der Waals surface area contributed by atoms with Crippen molar-refractivity contribution in [2.45, 2.75) is 63.8 Å². The third-order valence-corrected chi connectivity index (χ3v) is 4.61. The molecule has 4 nitrogen and oxygen atoms in total. The summed E-state index contributed by atoms with van der Waals surface area (Å²) in [6, 6.07) is 0. The Bertz CT molecular complexity index is 550. The van der Waals surface area contributed by atoms with Crippen molar-refractivity contribution in [2.75, 3.05) is 0 Å². The average Bonchev–Trinajstić information content (AvgIpc) is 3.12. The molecule has 126 valence electrons.